The van der Waals surface area contributed by atoms with Gasteiger partial charge in [0.25, 0.3) is 0 Å². The molecule has 0 spiro atoms. The lowest BCUT2D eigenvalue weighted by atomic mass is 9.95. The molecule has 1 amide bonds. The van der Waals surface area contributed by atoms with Crippen molar-refractivity contribution in [3.05, 3.63) is 0 Å². The normalized spacial score (nSPS) is 23.4. The number of amides is 1. The second-order valence-electron chi connectivity index (χ2n) is 5.29. The summed E-state index contributed by atoms with van der Waals surface area (Å²) < 4.78 is 65.1. The third-order valence-corrected chi connectivity index (χ3v) is 4.59. The van der Waals surface area contributed by atoms with Gasteiger partial charge < -0.3 is 10.1 Å². The van der Waals surface area contributed by atoms with E-state index in [1.54, 1.807) is 11.8 Å². The molecule has 3 nitrogen and oxygen atoms in total. The SMILES string of the molecule is CS[C@@H]1CCC[C@@H](NC(=O)CCOCC(F)(F)C(F)(F)F)C1. The first-order valence-electron chi connectivity index (χ1n) is 7.00. The maximum atomic E-state index is 12.6. The van der Waals surface area contributed by atoms with Crippen LogP contribution in [0.5, 0.6) is 0 Å². The fraction of sp³-hybridized carbons (Fsp3) is 0.923. The molecule has 1 rings (SSSR count). The van der Waals surface area contributed by atoms with Crippen LogP contribution in [-0.4, -0.2) is 48.8 Å². The van der Waals surface area contributed by atoms with Gasteiger partial charge in [-0.1, -0.05) is 6.42 Å². The number of ether oxygens (including phenoxy) is 1. The first kappa shape index (κ1) is 19.5. The molecule has 0 aromatic rings. The number of thioether (sulfide) groups is 1. The zero-order valence-electron chi connectivity index (χ0n) is 12.2. The van der Waals surface area contributed by atoms with Gasteiger partial charge in [-0.15, -0.1) is 0 Å². The van der Waals surface area contributed by atoms with Crippen molar-refractivity contribution in [2.75, 3.05) is 19.5 Å². The molecule has 0 saturated heterocycles. The Balaban J connectivity index is 2.21. The summed E-state index contributed by atoms with van der Waals surface area (Å²) in [6.07, 6.45) is -0.0499. The van der Waals surface area contributed by atoms with Crippen molar-refractivity contribution in [3.8, 4) is 0 Å². The average Bonchev–Trinajstić information content (AvgIpc) is 2.42. The molecule has 1 N–H and O–H groups in total. The van der Waals surface area contributed by atoms with Crippen molar-refractivity contribution >= 4 is 17.7 Å². The van der Waals surface area contributed by atoms with Crippen LogP contribution in [0.15, 0.2) is 0 Å². The topological polar surface area (TPSA) is 38.3 Å². The molecule has 0 radical (unpaired) electrons. The summed E-state index contributed by atoms with van der Waals surface area (Å²) in [7, 11) is 0. The maximum absolute atomic E-state index is 12.6. The first-order chi connectivity index (χ1) is 10.2. The monoisotopic (exact) mass is 349 g/mol. The predicted octanol–water partition coefficient (Wildman–Crippen LogP) is 3.38. The minimum Gasteiger partial charge on any atom is -0.374 e. The largest absolute Gasteiger partial charge is 0.455 e. The van der Waals surface area contributed by atoms with Gasteiger partial charge in [0.2, 0.25) is 5.91 Å². The number of hydrogen-bond donors (Lipinski definition) is 1. The Bertz CT molecular complexity index is 365. The molecule has 22 heavy (non-hydrogen) atoms. The van der Waals surface area contributed by atoms with Crippen molar-refractivity contribution < 1.29 is 31.5 Å². The van der Waals surface area contributed by atoms with Crippen LogP contribution in [0.25, 0.3) is 0 Å². The minimum atomic E-state index is -5.63. The number of rotatable bonds is 7. The molecule has 130 valence electrons. The Labute approximate surface area is 130 Å². The van der Waals surface area contributed by atoms with E-state index in [-0.39, 0.29) is 18.4 Å². The molecular weight excluding hydrogens is 329 g/mol. The third-order valence-electron chi connectivity index (χ3n) is 3.50. The van der Waals surface area contributed by atoms with Crippen LogP contribution in [-0.2, 0) is 9.53 Å². The maximum Gasteiger partial charge on any atom is 0.455 e. The molecule has 0 aromatic carbocycles. The lowest BCUT2D eigenvalue weighted by molar-refractivity contribution is -0.296. The summed E-state index contributed by atoms with van der Waals surface area (Å²) in [6.45, 7) is -2.22. The molecule has 0 heterocycles. The lowest BCUT2D eigenvalue weighted by Gasteiger charge is -2.28. The highest BCUT2D eigenvalue weighted by atomic mass is 32.2. The summed E-state index contributed by atoms with van der Waals surface area (Å²) in [4.78, 5) is 11.6. The van der Waals surface area contributed by atoms with E-state index in [0.29, 0.717) is 5.25 Å². The molecule has 0 unspecified atom stereocenters. The third kappa shape index (κ3) is 6.28. The highest BCUT2D eigenvalue weighted by molar-refractivity contribution is 7.99. The number of halogens is 5. The molecule has 1 fully saturated rings. The van der Waals surface area contributed by atoms with Gasteiger partial charge >= 0.3 is 12.1 Å². The molecule has 1 aliphatic rings. The number of carbonyl (C=O) groups is 1. The molecule has 1 aliphatic carbocycles. The molecule has 0 aliphatic heterocycles. The van der Waals surface area contributed by atoms with E-state index >= 15 is 0 Å². The van der Waals surface area contributed by atoms with Gasteiger partial charge in [-0.2, -0.15) is 33.7 Å². The fourth-order valence-corrected chi connectivity index (χ4v) is 3.06. The van der Waals surface area contributed by atoms with Crippen molar-refractivity contribution in [3.63, 3.8) is 0 Å². The molecule has 0 bridgehead atoms. The second kappa shape index (κ2) is 8.33. The summed E-state index contributed by atoms with van der Waals surface area (Å²) in [5, 5.41) is 3.26. The quantitative estimate of drug-likeness (QED) is 0.566. The van der Waals surface area contributed by atoms with Gasteiger partial charge in [-0.05, 0) is 25.5 Å². The van der Waals surface area contributed by atoms with E-state index in [4.69, 9.17) is 0 Å². The minimum absolute atomic E-state index is 0.0373. The van der Waals surface area contributed by atoms with Crippen molar-refractivity contribution in [2.45, 2.75) is 55.5 Å². The van der Waals surface area contributed by atoms with E-state index in [1.807, 2.05) is 6.26 Å². The van der Waals surface area contributed by atoms with Crippen LogP contribution in [0, 0.1) is 0 Å². The summed E-state index contributed by atoms with van der Waals surface area (Å²) >= 11 is 1.74. The molecule has 9 heteroatoms. The van der Waals surface area contributed by atoms with Crippen molar-refractivity contribution in [1.29, 1.82) is 0 Å². The molecule has 0 aromatic heterocycles. The average molecular weight is 349 g/mol. The lowest BCUT2D eigenvalue weighted by Crippen LogP contribution is -2.41. The summed E-state index contributed by atoms with van der Waals surface area (Å²) in [5.41, 5.74) is 0. The summed E-state index contributed by atoms with van der Waals surface area (Å²) in [6, 6.07) is 0.0373. The van der Waals surface area contributed by atoms with Crippen LogP contribution < -0.4 is 5.32 Å². The van der Waals surface area contributed by atoms with E-state index in [9.17, 15) is 26.7 Å². The smallest absolute Gasteiger partial charge is 0.374 e. The Kier molecular flexibility index (Phi) is 7.37. The molecule has 2 atom stereocenters. The standard InChI is InChI=1S/C13H20F5NO2S/c1-22-10-4-2-3-9(7-10)19-11(20)5-6-21-8-12(14,15)13(16,17)18/h9-10H,2-8H2,1H3,(H,19,20)/t9-,10-/m1/s1. The molecular formula is C13H20F5NO2S. The number of nitrogens with one attached hydrogen (secondary N) is 1. The predicted molar refractivity (Wildman–Crippen MR) is 74.1 cm³/mol. The number of alkyl halides is 5. The zero-order chi connectivity index (χ0) is 16.8. The van der Waals surface area contributed by atoms with Crippen LogP contribution in [0.1, 0.15) is 32.1 Å². The number of hydrogen-bond acceptors (Lipinski definition) is 3. The second-order valence-corrected chi connectivity index (χ2v) is 6.43. The van der Waals surface area contributed by atoms with Gasteiger partial charge in [-0.3, -0.25) is 4.79 Å². The Morgan fingerprint density at radius 1 is 1.27 bits per heavy atom. The fourth-order valence-electron chi connectivity index (χ4n) is 2.24. The van der Waals surface area contributed by atoms with Gasteiger partial charge in [0.1, 0.15) is 6.61 Å². The molecule has 1 saturated carbocycles. The van der Waals surface area contributed by atoms with E-state index in [0.717, 1.165) is 25.7 Å². The zero-order valence-corrected chi connectivity index (χ0v) is 13.0. The Hall–Kier alpha value is -0.570. The highest BCUT2D eigenvalue weighted by Crippen LogP contribution is 2.35. The first-order valence-corrected chi connectivity index (χ1v) is 8.29. The van der Waals surface area contributed by atoms with Gasteiger partial charge in [0.05, 0.1) is 6.61 Å². The van der Waals surface area contributed by atoms with Crippen LogP contribution in [0.4, 0.5) is 22.0 Å². The van der Waals surface area contributed by atoms with E-state index < -0.39 is 25.3 Å². The van der Waals surface area contributed by atoms with E-state index in [1.165, 1.54) is 0 Å². The van der Waals surface area contributed by atoms with Gasteiger partial charge in [-0.25, -0.2) is 0 Å². The van der Waals surface area contributed by atoms with Crippen LogP contribution in [0.3, 0.4) is 0 Å². The van der Waals surface area contributed by atoms with Crippen LogP contribution >= 0.6 is 11.8 Å². The van der Waals surface area contributed by atoms with Crippen LogP contribution in [0.2, 0.25) is 0 Å². The number of carbonyl (C=O) groups excluding carboxylic acids is 1. The van der Waals surface area contributed by atoms with Crippen molar-refractivity contribution in [2.24, 2.45) is 0 Å². The summed E-state index contributed by atoms with van der Waals surface area (Å²) in [5.74, 6) is -5.28. The van der Waals surface area contributed by atoms with Crippen molar-refractivity contribution in [1.82, 2.24) is 5.32 Å². The Morgan fingerprint density at radius 3 is 2.55 bits per heavy atom. The Morgan fingerprint density at radius 2 is 1.95 bits per heavy atom. The highest BCUT2D eigenvalue weighted by Gasteiger charge is 2.57. The van der Waals surface area contributed by atoms with Gasteiger partial charge in [0, 0.05) is 17.7 Å². The van der Waals surface area contributed by atoms with E-state index in [2.05, 4.69) is 10.1 Å². The van der Waals surface area contributed by atoms with Gasteiger partial charge in [0.15, 0.2) is 0 Å².